The summed E-state index contributed by atoms with van der Waals surface area (Å²) in [5, 5.41) is 43.1. The van der Waals surface area contributed by atoms with Crippen molar-refractivity contribution in [3.8, 4) is 17.2 Å². The number of hydrogen-bond donors (Lipinski definition) is 6. The Kier molecular flexibility index (Phi) is 9.45. The fourth-order valence-corrected chi connectivity index (χ4v) is 9.14. The summed E-state index contributed by atoms with van der Waals surface area (Å²) in [6.07, 6.45) is 6.23. The Morgan fingerprint density at radius 1 is 1.05 bits per heavy atom. The Morgan fingerprint density at radius 3 is 2.61 bits per heavy atom. The van der Waals surface area contributed by atoms with Gasteiger partial charge in [0.1, 0.15) is 63.9 Å². The predicted octanol–water partition coefficient (Wildman–Crippen LogP) is 4.86. The van der Waals surface area contributed by atoms with E-state index in [4.69, 9.17) is 25.4 Å². The largest absolute Gasteiger partial charge is 0.508 e. The molecule has 13 nitrogen and oxygen atoms in total. The average molecular weight is 761 g/mol. The van der Waals surface area contributed by atoms with Gasteiger partial charge in [-0.1, -0.05) is 18.2 Å². The van der Waals surface area contributed by atoms with Gasteiger partial charge in [0.25, 0.3) is 0 Å². The van der Waals surface area contributed by atoms with Crippen LogP contribution in [0.3, 0.4) is 0 Å². The van der Waals surface area contributed by atoms with Gasteiger partial charge in [0.05, 0.1) is 12.2 Å². The van der Waals surface area contributed by atoms with Crippen LogP contribution in [0.1, 0.15) is 83.2 Å². The van der Waals surface area contributed by atoms with E-state index in [-0.39, 0.29) is 51.7 Å². The third-order valence-corrected chi connectivity index (χ3v) is 12.1. The second-order valence-corrected chi connectivity index (χ2v) is 15.2. The van der Waals surface area contributed by atoms with Gasteiger partial charge in [0, 0.05) is 53.4 Å². The van der Waals surface area contributed by atoms with Crippen molar-refractivity contribution >= 4 is 28.6 Å². The quantitative estimate of drug-likeness (QED) is 0.101. The van der Waals surface area contributed by atoms with Crippen LogP contribution in [0.2, 0.25) is 0 Å². The first-order valence-electron chi connectivity index (χ1n) is 18.8. The Morgan fingerprint density at radius 2 is 1.88 bits per heavy atom. The first-order chi connectivity index (χ1) is 26.9. The molecule has 0 amide bonds. The second-order valence-electron chi connectivity index (χ2n) is 15.2. The molecule has 3 aromatic heterocycles. The maximum Gasteiger partial charge on any atom is 0.336 e. The Hall–Kier alpha value is -5.92. The number of aliphatic hydroxyl groups excluding tert-OH is 2. The number of carbonyl (C=O) groups excluding carboxylic acids is 1. The van der Waals surface area contributed by atoms with Crippen LogP contribution < -0.4 is 21.6 Å². The van der Waals surface area contributed by atoms with Gasteiger partial charge in [-0.2, -0.15) is 0 Å². The number of pyridine rings is 2. The van der Waals surface area contributed by atoms with Crippen LogP contribution >= 0.6 is 0 Å². The number of esters is 1. The standard InChI is InChI=1S/C43H44N4O9/c1-3-22(19-48)42(53)55-33-17-31-38(52)37-32(51)16-28(20-49)54-40(37)36-30-15-25-14-27(50)8-7-23(25)5-6-24(35-29(30)10-11-46-41(35)45)13-26(43(33,2)56-39(31)36)12-21-4-9-34(44)47-18-21/h3-4,7-11,14,16,18,24,26,30,33,48-50,52H,5-6,12-13,15,17,19-20H2,1-2H3,(H2,44,47)(H2,45,46). The molecule has 0 fully saturated rings. The lowest BCUT2D eigenvalue weighted by Gasteiger charge is -2.49. The fourth-order valence-electron chi connectivity index (χ4n) is 9.14. The molecule has 56 heavy (non-hydrogen) atoms. The summed E-state index contributed by atoms with van der Waals surface area (Å²) in [6, 6.07) is 12.0. The van der Waals surface area contributed by atoms with Gasteiger partial charge in [-0.05, 0) is 98.4 Å². The number of anilines is 2. The number of phenolic OH excluding ortho intramolecular Hbond substituents is 2. The zero-order valence-corrected chi connectivity index (χ0v) is 31.1. The monoisotopic (exact) mass is 760 g/mol. The molecule has 13 heteroatoms. The number of nitrogens with two attached hydrogens (primary N) is 2. The van der Waals surface area contributed by atoms with Crippen LogP contribution in [0, 0.1) is 5.92 Å². The topological polar surface area (TPSA) is 224 Å². The van der Waals surface area contributed by atoms with Gasteiger partial charge in [-0.3, -0.25) is 4.79 Å². The molecule has 1 aliphatic carbocycles. The summed E-state index contributed by atoms with van der Waals surface area (Å²) in [7, 11) is 0. The van der Waals surface area contributed by atoms with Gasteiger partial charge in [0.2, 0.25) is 0 Å². The Bertz CT molecular complexity index is 2460. The molecule has 8 N–H and O–H groups in total. The lowest BCUT2D eigenvalue weighted by Crippen LogP contribution is -2.57. The van der Waals surface area contributed by atoms with Gasteiger partial charge in [0.15, 0.2) is 5.43 Å². The number of rotatable bonds is 6. The number of aromatic hydroxyl groups is 2. The van der Waals surface area contributed by atoms with Crippen molar-refractivity contribution in [2.45, 2.75) is 82.5 Å². The molecule has 0 saturated heterocycles. The number of carbonyl (C=O) groups is 1. The SMILES string of the molecule is CC=C(CO)C(=O)OC1Cc2c3c(c4oc(CO)cc(=O)c4c2O)C2Cc4cc(O)ccc4CCC(CC(Cc4ccc(N)nc4)C1(C)O3)c1c2ccnc1N. The summed E-state index contributed by atoms with van der Waals surface area (Å²) in [4.78, 5) is 36.6. The van der Waals surface area contributed by atoms with E-state index < -0.39 is 53.9 Å². The van der Waals surface area contributed by atoms with Gasteiger partial charge < -0.3 is 45.8 Å². The highest BCUT2D eigenvalue weighted by atomic mass is 16.6. The number of aliphatic hydroxyl groups is 2. The molecule has 290 valence electrons. The number of benzene rings is 2. The number of aromatic nitrogens is 2. The minimum Gasteiger partial charge on any atom is -0.508 e. The zero-order chi connectivity index (χ0) is 39.5. The van der Waals surface area contributed by atoms with Crippen molar-refractivity contribution < 1.29 is 39.1 Å². The fraction of sp³-hybridized carbons (Fsp3) is 0.349. The maximum atomic E-state index is 13.9. The van der Waals surface area contributed by atoms with Gasteiger partial charge >= 0.3 is 5.97 Å². The molecule has 0 radical (unpaired) electrons. The van der Waals surface area contributed by atoms with Crippen molar-refractivity contribution in [2.75, 3.05) is 18.1 Å². The highest BCUT2D eigenvalue weighted by molar-refractivity contribution is 5.92. The minimum atomic E-state index is -1.31. The average Bonchev–Trinajstić information content (AvgIpc) is 3.23. The first kappa shape index (κ1) is 37.0. The molecule has 0 spiro atoms. The van der Waals surface area contributed by atoms with E-state index in [1.54, 1.807) is 37.5 Å². The van der Waals surface area contributed by atoms with E-state index >= 15 is 0 Å². The Labute approximate surface area is 322 Å². The van der Waals surface area contributed by atoms with Crippen LogP contribution in [0.4, 0.5) is 11.6 Å². The van der Waals surface area contributed by atoms with E-state index in [9.17, 15) is 30.0 Å². The number of hydrogen-bond acceptors (Lipinski definition) is 13. The summed E-state index contributed by atoms with van der Waals surface area (Å²) in [5.41, 5.74) is 16.2. The molecule has 0 saturated carbocycles. The lowest BCUT2D eigenvalue weighted by molar-refractivity contribution is -0.165. The second kappa shape index (κ2) is 14.3. The molecule has 5 atom stereocenters. The van der Waals surface area contributed by atoms with E-state index in [2.05, 4.69) is 9.97 Å². The van der Waals surface area contributed by atoms with Gasteiger partial charge in [-0.25, -0.2) is 14.8 Å². The van der Waals surface area contributed by atoms with Crippen LogP contribution in [0.25, 0.3) is 11.0 Å². The molecule has 8 rings (SSSR count). The molecule has 5 heterocycles. The van der Waals surface area contributed by atoms with Crippen LogP contribution in [0.5, 0.6) is 17.2 Å². The molecule has 4 bridgehead atoms. The minimum absolute atomic E-state index is 0.00867. The normalized spacial score (nSPS) is 22.9. The highest BCUT2D eigenvalue weighted by Gasteiger charge is 2.53. The van der Waals surface area contributed by atoms with E-state index in [0.717, 1.165) is 33.9 Å². The summed E-state index contributed by atoms with van der Waals surface area (Å²) < 4.78 is 20.0. The summed E-state index contributed by atoms with van der Waals surface area (Å²) in [6.45, 7) is 2.39. The van der Waals surface area contributed by atoms with Crippen LogP contribution in [-0.4, -0.2) is 54.7 Å². The van der Waals surface area contributed by atoms with Gasteiger partial charge in [-0.15, -0.1) is 0 Å². The van der Waals surface area contributed by atoms with Crippen LogP contribution in [0.15, 0.2) is 75.7 Å². The lowest BCUT2D eigenvalue weighted by atomic mass is 9.68. The molecule has 5 aromatic rings. The number of allylic oxidation sites excluding steroid dienone is 1. The molecular weight excluding hydrogens is 716 g/mol. The number of phenols is 2. The third-order valence-electron chi connectivity index (χ3n) is 12.1. The first-order valence-corrected chi connectivity index (χ1v) is 18.8. The number of nitrogen functional groups attached to an aromatic ring is 2. The zero-order valence-electron chi connectivity index (χ0n) is 31.1. The summed E-state index contributed by atoms with van der Waals surface area (Å²) in [5.74, 6) is -1.37. The maximum absolute atomic E-state index is 13.9. The van der Waals surface area contributed by atoms with Crippen molar-refractivity contribution in [3.63, 3.8) is 0 Å². The molecule has 5 unspecified atom stereocenters. The predicted molar refractivity (Wildman–Crippen MR) is 207 cm³/mol. The van der Waals surface area contributed by atoms with Crippen molar-refractivity contribution in [1.82, 2.24) is 9.97 Å². The Balaban J connectivity index is 1.50. The molecule has 3 aliphatic rings. The highest BCUT2D eigenvalue weighted by Crippen LogP contribution is 2.56. The van der Waals surface area contributed by atoms with E-state index in [1.165, 1.54) is 6.08 Å². The molecule has 2 aromatic carbocycles. The number of fused-ring (bicyclic) bond motifs is 5. The smallest absolute Gasteiger partial charge is 0.336 e. The number of nitrogens with zero attached hydrogens (tertiary/aromatic N) is 2. The summed E-state index contributed by atoms with van der Waals surface area (Å²) >= 11 is 0. The third kappa shape index (κ3) is 6.20. The van der Waals surface area contributed by atoms with Crippen molar-refractivity contribution in [1.29, 1.82) is 0 Å². The molecule has 2 aliphatic heterocycles. The van der Waals surface area contributed by atoms with E-state index in [1.807, 2.05) is 25.1 Å². The van der Waals surface area contributed by atoms with Crippen LogP contribution in [-0.2, 0) is 41.8 Å². The molecular formula is C43H44N4O9. The van der Waals surface area contributed by atoms with E-state index in [0.29, 0.717) is 49.3 Å². The number of aryl methyl sites for hydroxylation is 1. The van der Waals surface area contributed by atoms with Crippen molar-refractivity contribution in [2.24, 2.45) is 5.92 Å². The van der Waals surface area contributed by atoms with Crippen molar-refractivity contribution in [3.05, 3.63) is 121 Å². The number of ether oxygens (including phenoxy) is 2.